The van der Waals surface area contributed by atoms with Gasteiger partial charge in [-0.3, -0.25) is 14.9 Å². The average Bonchev–Trinajstić information content (AvgIpc) is 2.37. The maximum absolute atomic E-state index is 11.8. The van der Waals surface area contributed by atoms with Crippen LogP contribution in [0.25, 0.3) is 0 Å². The SMILES string of the molecule is COc1ccc([N+](=O)[O-])cc1NC(=O)[C@@H](C)NC(N)=O. The van der Waals surface area contributed by atoms with E-state index >= 15 is 0 Å². The second-order valence-corrected chi connectivity index (χ2v) is 3.86. The number of amides is 3. The molecule has 4 N–H and O–H groups in total. The first kappa shape index (κ1) is 15.2. The lowest BCUT2D eigenvalue weighted by atomic mass is 10.2. The summed E-state index contributed by atoms with van der Waals surface area (Å²) in [5.74, 6) is -0.321. The minimum Gasteiger partial charge on any atom is -0.495 e. The molecule has 0 spiro atoms. The topological polar surface area (TPSA) is 137 Å². The number of carbonyl (C=O) groups excluding carboxylic acids is 2. The second-order valence-electron chi connectivity index (χ2n) is 3.86. The molecule has 0 saturated carbocycles. The third kappa shape index (κ3) is 3.83. The lowest BCUT2D eigenvalue weighted by Crippen LogP contribution is -2.44. The zero-order valence-electron chi connectivity index (χ0n) is 10.9. The van der Waals surface area contributed by atoms with Crippen LogP contribution in [0.15, 0.2) is 18.2 Å². The Morgan fingerprint density at radius 1 is 1.45 bits per heavy atom. The summed E-state index contributed by atoms with van der Waals surface area (Å²) in [7, 11) is 1.36. The summed E-state index contributed by atoms with van der Waals surface area (Å²) in [5.41, 5.74) is 4.83. The summed E-state index contributed by atoms with van der Waals surface area (Å²) in [5, 5.41) is 15.3. The number of methoxy groups -OCH3 is 1. The van der Waals surface area contributed by atoms with Crippen LogP contribution in [0.1, 0.15) is 6.92 Å². The molecule has 0 bridgehead atoms. The lowest BCUT2D eigenvalue weighted by Gasteiger charge is -2.14. The molecule has 1 rings (SSSR count). The van der Waals surface area contributed by atoms with E-state index < -0.39 is 22.9 Å². The van der Waals surface area contributed by atoms with E-state index in [1.165, 1.54) is 26.2 Å². The van der Waals surface area contributed by atoms with Crippen molar-refractivity contribution < 1.29 is 19.2 Å². The first-order valence-electron chi connectivity index (χ1n) is 5.54. The van der Waals surface area contributed by atoms with E-state index in [0.29, 0.717) is 0 Å². The predicted molar refractivity (Wildman–Crippen MR) is 70.5 cm³/mol. The van der Waals surface area contributed by atoms with Crippen molar-refractivity contribution in [2.45, 2.75) is 13.0 Å². The molecular formula is C11H14N4O5. The van der Waals surface area contributed by atoms with Gasteiger partial charge in [-0.1, -0.05) is 0 Å². The zero-order chi connectivity index (χ0) is 15.3. The van der Waals surface area contributed by atoms with Gasteiger partial charge in [-0.15, -0.1) is 0 Å². The Labute approximate surface area is 114 Å². The molecule has 0 aliphatic heterocycles. The fourth-order valence-corrected chi connectivity index (χ4v) is 1.43. The molecule has 0 fully saturated rings. The summed E-state index contributed by atoms with van der Waals surface area (Å²) < 4.78 is 4.99. The van der Waals surface area contributed by atoms with Crippen LogP contribution in [-0.2, 0) is 4.79 Å². The monoisotopic (exact) mass is 282 g/mol. The van der Waals surface area contributed by atoms with E-state index in [2.05, 4.69) is 10.6 Å². The molecule has 0 aliphatic carbocycles. The molecule has 20 heavy (non-hydrogen) atoms. The minimum atomic E-state index is -0.892. The Kier molecular flexibility index (Phi) is 4.84. The number of primary amides is 1. The van der Waals surface area contributed by atoms with Gasteiger partial charge in [0.05, 0.1) is 17.7 Å². The average molecular weight is 282 g/mol. The standard InChI is InChI=1S/C11H14N4O5/c1-6(13-11(12)17)10(16)14-8-5-7(15(18)19)3-4-9(8)20-2/h3-6H,1-2H3,(H,14,16)(H3,12,13,17)/t6-/m1/s1. The van der Waals surface area contributed by atoms with E-state index in [1.54, 1.807) is 0 Å². The molecule has 108 valence electrons. The van der Waals surface area contributed by atoms with Crippen LogP contribution in [0.5, 0.6) is 5.75 Å². The van der Waals surface area contributed by atoms with Crippen molar-refractivity contribution in [3.8, 4) is 5.75 Å². The van der Waals surface area contributed by atoms with Crippen molar-refractivity contribution in [3.05, 3.63) is 28.3 Å². The highest BCUT2D eigenvalue weighted by Crippen LogP contribution is 2.28. The van der Waals surface area contributed by atoms with Gasteiger partial charge in [0.1, 0.15) is 11.8 Å². The molecular weight excluding hydrogens is 268 g/mol. The number of nitro benzene ring substituents is 1. The van der Waals surface area contributed by atoms with Crippen LogP contribution in [0.4, 0.5) is 16.2 Å². The van der Waals surface area contributed by atoms with E-state index in [1.807, 2.05) is 0 Å². The first-order valence-corrected chi connectivity index (χ1v) is 5.54. The van der Waals surface area contributed by atoms with Crippen LogP contribution in [0, 0.1) is 10.1 Å². The highest BCUT2D eigenvalue weighted by Gasteiger charge is 2.18. The summed E-state index contributed by atoms with van der Waals surface area (Å²) in [6.45, 7) is 1.42. The molecule has 1 atom stereocenters. The van der Waals surface area contributed by atoms with Gasteiger partial charge in [0.25, 0.3) is 5.69 Å². The third-order valence-electron chi connectivity index (χ3n) is 2.40. The van der Waals surface area contributed by atoms with Crippen LogP contribution in [0.3, 0.4) is 0 Å². The van der Waals surface area contributed by atoms with Gasteiger partial charge in [0, 0.05) is 12.1 Å². The number of nitro groups is 1. The van der Waals surface area contributed by atoms with E-state index in [-0.39, 0.29) is 17.1 Å². The van der Waals surface area contributed by atoms with Crippen LogP contribution >= 0.6 is 0 Å². The highest BCUT2D eigenvalue weighted by molar-refractivity contribution is 5.97. The number of hydrogen-bond acceptors (Lipinski definition) is 5. The van der Waals surface area contributed by atoms with Gasteiger partial charge in [-0.25, -0.2) is 4.79 Å². The van der Waals surface area contributed by atoms with Gasteiger partial charge in [-0.05, 0) is 13.0 Å². The number of ether oxygens (including phenoxy) is 1. The molecule has 0 radical (unpaired) electrons. The Morgan fingerprint density at radius 3 is 2.60 bits per heavy atom. The van der Waals surface area contributed by atoms with Crippen molar-refractivity contribution in [3.63, 3.8) is 0 Å². The van der Waals surface area contributed by atoms with Gasteiger partial charge in [0.2, 0.25) is 5.91 Å². The molecule has 9 nitrogen and oxygen atoms in total. The number of benzene rings is 1. The number of rotatable bonds is 5. The van der Waals surface area contributed by atoms with Crippen molar-refractivity contribution in [1.82, 2.24) is 5.32 Å². The van der Waals surface area contributed by atoms with Crippen molar-refractivity contribution in [2.75, 3.05) is 12.4 Å². The summed E-state index contributed by atoms with van der Waals surface area (Å²) in [6, 6.07) is 2.03. The van der Waals surface area contributed by atoms with Gasteiger partial charge >= 0.3 is 6.03 Å². The number of urea groups is 1. The summed E-state index contributed by atoms with van der Waals surface area (Å²) >= 11 is 0. The minimum absolute atomic E-state index is 0.129. The van der Waals surface area contributed by atoms with Gasteiger partial charge < -0.3 is 21.1 Å². The number of non-ortho nitro benzene ring substituents is 1. The quantitative estimate of drug-likeness (QED) is 0.536. The molecule has 0 heterocycles. The fraction of sp³-hybridized carbons (Fsp3) is 0.273. The molecule has 9 heteroatoms. The highest BCUT2D eigenvalue weighted by atomic mass is 16.6. The van der Waals surface area contributed by atoms with Crippen molar-refractivity contribution in [2.24, 2.45) is 5.73 Å². The third-order valence-corrected chi connectivity index (χ3v) is 2.40. The van der Waals surface area contributed by atoms with Crippen molar-refractivity contribution >= 4 is 23.3 Å². The number of carbonyl (C=O) groups is 2. The fourth-order valence-electron chi connectivity index (χ4n) is 1.43. The summed E-state index contributed by atoms with van der Waals surface area (Å²) in [6.07, 6.45) is 0. The van der Waals surface area contributed by atoms with Gasteiger partial charge in [-0.2, -0.15) is 0 Å². The van der Waals surface area contributed by atoms with E-state index in [0.717, 1.165) is 6.07 Å². The second kappa shape index (κ2) is 6.36. The van der Waals surface area contributed by atoms with Crippen LogP contribution in [-0.4, -0.2) is 30.0 Å². The largest absolute Gasteiger partial charge is 0.495 e. The van der Waals surface area contributed by atoms with E-state index in [4.69, 9.17) is 10.5 Å². The maximum atomic E-state index is 11.8. The molecule has 0 saturated heterocycles. The molecule has 3 amide bonds. The van der Waals surface area contributed by atoms with Crippen molar-refractivity contribution in [1.29, 1.82) is 0 Å². The predicted octanol–water partition coefficient (Wildman–Crippen LogP) is 0.599. The van der Waals surface area contributed by atoms with E-state index in [9.17, 15) is 19.7 Å². The number of anilines is 1. The number of nitrogens with one attached hydrogen (secondary N) is 2. The Balaban J connectivity index is 2.94. The number of nitrogens with two attached hydrogens (primary N) is 1. The Hall–Kier alpha value is -2.84. The Bertz CT molecular complexity index is 546. The smallest absolute Gasteiger partial charge is 0.312 e. The van der Waals surface area contributed by atoms with Crippen LogP contribution in [0.2, 0.25) is 0 Å². The van der Waals surface area contributed by atoms with Gasteiger partial charge in [0.15, 0.2) is 0 Å². The first-order chi connectivity index (χ1) is 9.35. The molecule has 1 aromatic rings. The number of nitrogens with zero attached hydrogens (tertiary/aromatic N) is 1. The number of hydrogen-bond donors (Lipinski definition) is 3. The lowest BCUT2D eigenvalue weighted by molar-refractivity contribution is -0.384. The normalized spacial score (nSPS) is 11.3. The Morgan fingerprint density at radius 2 is 2.10 bits per heavy atom. The maximum Gasteiger partial charge on any atom is 0.312 e. The molecule has 1 aromatic carbocycles. The zero-order valence-corrected chi connectivity index (χ0v) is 10.9. The van der Waals surface area contributed by atoms with Crippen LogP contribution < -0.4 is 21.1 Å². The summed E-state index contributed by atoms with van der Waals surface area (Å²) in [4.78, 5) is 32.5. The molecule has 0 aliphatic rings. The molecule has 0 unspecified atom stereocenters. The molecule has 0 aromatic heterocycles.